The number of rotatable bonds is 4. The van der Waals surface area contributed by atoms with Crippen LogP contribution in [0.25, 0.3) is 21.7 Å². The van der Waals surface area contributed by atoms with E-state index < -0.39 is 12.1 Å². The van der Waals surface area contributed by atoms with Crippen molar-refractivity contribution in [2.75, 3.05) is 0 Å². The van der Waals surface area contributed by atoms with Crippen LogP contribution >= 0.6 is 0 Å². The van der Waals surface area contributed by atoms with E-state index in [0.29, 0.717) is 16.3 Å². The zero-order valence-corrected chi connectivity index (χ0v) is 15.3. The van der Waals surface area contributed by atoms with Gasteiger partial charge in [0, 0.05) is 35.1 Å². The molecular weight excluding hydrogens is 358 g/mol. The number of esters is 1. The monoisotopic (exact) mass is 375 g/mol. The van der Waals surface area contributed by atoms with Crippen molar-refractivity contribution in [2.45, 2.75) is 13.0 Å². The average molecular weight is 375 g/mol. The van der Waals surface area contributed by atoms with E-state index in [1.807, 2.05) is 24.3 Å². The molecule has 0 aliphatic heterocycles. The van der Waals surface area contributed by atoms with Gasteiger partial charge in [0.15, 0.2) is 11.8 Å². The second kappa shape index (κ2) is 6.77. The minimum Gasteiger partial charge on any atom is -0.449 e. The molecule has 2 aromatic carbocycles. The number of ketones is 1. The number of H-pyrrole nitrogens is 1. The molecular formula is C21H17N3O4. The molecule has 2 aromatic heterocycles. The maximum absolute atomic E-state index is 12.8. The minimum absolute atomic E-state index is 0.00345. The lowest BCUT2D eigenvalue weighted by molar-refractivity contribution is 0.0313. The topological polar surface area (TPSA) is 94.0 Å². The Labute approximate surface area is 159 Å². The Bertz CT molecular complexity index is 1290. The first-order valence-corrected chi connectivity index (χ1v) is 8.74. The van der Waals surface area contributed by atoms with Gasteiger partial charge in [0.25, 0.3) is 5.56 Å². The number of nitrogens with one attached hydrogen (secondary N) is 1. The molecule has 0 fully saturated rings. The van der Waals surface area contributed by atoms with E-state index in [-0.39, 0.29) is 17.0 Å². The van der Waals surface area contributed by atoms with Crippen LogP contribution in [0, 0.1) is 0 Å². The number of Topliss-reactive ketones (excluding diaryl/α,β-unsaturated/α-hetero) is 1. The molecule has 0 bridgehead atoms. The average Bonchev–Trinajstić information content (AvgIpc) is 3.14. The first-order valence-electron chi connectivity index (χ1n) is 8.74. The number of hydrogen-bond donors (Lipinski definition) is 1. The van der Waals surface area contributed by atoms with E-state index in [1.165, 1.54) is 14.0 Å². The largest absolute Gasteiger partial charge is 0.449 e. The lowest BCUT2D eigenvalue weighted by Gasteiger charge is -2.13. The highest BCUT2D eigenvalue weighted by molar-refractivity contribution is 6.11. The Hall–Kier alpha value is -3.74. The fourth-order valence-corrected chi connectivity index (χ4v) is 3.21. The molecule has 0 unspecified atom stereocenters. The van der Waals surface area contributed by atoms with Crippen LogP contribution in [0.15, 0.2) is 59.5 Å². The van der Waals surface area contributed by atoms with E-state index in [2.05, 4.69) is 10.1 Å². The summed E-state index contributed by atoms with van der Waals surface area (Å²) < 4.78 is 6.48. The van der Waals surface area contributed by atoms with Gasteiger partial charge in [-0.3, -0.25) is 9.59 Å². The molecule has 0 aliphatic rings. The number of nitrogens with zero attached hydrogens (tertiary/aromatic N) is 2. The molecule has 4 rings (SSSR count). The number of carbonyl (C=O) groups is 2. The number of aromatic nitrogens is 3. The normalized spacial score (nSPS) is 12.2. The Morgan fingerprint density at radius 1 is 1.04 bits per heavy atom. The summed E-state index contributed by atoms with van der Waals surface area (Å²) in [5.41, 5.74) is 0.968. The molecule has 7 heteroatoms. The molecule has 140 valence electrons. The standard InChI is InChI=1S/C21H17N3O4/c1-12(19(25)16-11-22-17-10-6-5-7-13(16)17)28-21(27)18-14-8-3-4-9-15(14)20(26)24(2)23-18/h3-12,22H,1-2H3/t12-/m0/s1. The molecule has 0 amide bonds. The highest BCUT2D eigenvalue weighted by atomic mass is 16.5. The van der Waals surface area contributed by atoms with Gasteiger partial charge in [-0.2, -0.15) is 5.10 Å². The van der Waals surface area contributed by atoms with Gasteiger partial charge in [-0.15, -0.1) is 0 Å². The summed E-state index contributed by atoms with van der Waals surface area (Å²) in [6.07, 6.45) is 0.599. The number of carbonyl (C=O) groups excluding carboxylic acids is 2. The van der Waals surface area contributed by atoms with Gasteiger partial charge < -0.3 is 9.72 Å². The summed E-state index contributed by atoms with van der Waals surface area (Å²) in [5, 5.41) is 5.56. The maximum Gasteiger partial charge on any atom is 0.360 e. The molecule has 0 saturated carbocycles. The number of aromatic amines is 1. The van der Waals surface area contributed by atoms with Gasteiger partial charge in [0.05, 0.1) is 5.39 Å². The molecule has 0 aliphatic carbocycles. The lowest BCUT2D eigenvalue weighted by atomic mass is 10.1. The van der Waals surface area contributed by atoms with Crippen LogP contribution in [-0.2, 0) is 11.8 Å². The number of fused-ring (bicyclic) bond motifs is 2. The Balaban J connectivity index is 1.65. The van der Waals surface area contributed by atoms with Crippen LogP contribution in [0.3, 0.4) is 0 Å². The predicted octanol–water partition coefficient (Wildman–Crippen LogP) is 2.84. The highest BCUT2D eigenvalue weighted by Crippen LogP contribution is 2.21. The van der Waals surface area contributed by atoms with E-state index in [0.717, 1.165) is 15.6 Å². The van der Waals surface area contributed by atoms with Crippen molar-refractivity contribution in [3.63, 3.8) is 0 Å². The molecule has 28 heavy (non-hydrogen) atoms. The molecule has 4 aromatic rings. The highest BCUT2D eigenvalue weighted by Gasteiger charge is 2.25. The third-order valence-electron chi connectivity index (χ3n) is 4.66. The summed E-state index contributed by atoms with van der Waals surface area (Å²) in [7, 11) is 1.46. The van der Waals surface area contributed by atoms with E-state index in [4.69, 9.17) is 4.74 Å². The quantitative estimate of drug-likeness (QED) is 0.437. The van der Waals surface area contributed by atoms with Crippen molar-refractivity contribution in [1.82, 2.24) is 14.8 Å². The number of para-hydroxylation sites is 1. The smallest absolute Gasteiger partial charge is 0.360 e. The molecule has 1 N–H and O–H groups in total. The molecule has 0 saturated heterocycles. The number of ether oxygens (including phenoxy) is 1. The zero-order chi connectivity index (χ0) is 19.8. The van der Waals surface area contributed by atoms with Gasteiger partial charge in [-0.25, -0.2) is 9.48 Å². The fourth-order valence-electron chi connectivity index (χ4n) is 3.21. The molecule has 0 spiro atoms. The molecule has 1 atom stereocenters. The van der Waals surface area contributed by atoms with Gasteiger partial charge in [0.2, 0.25) is 5.78 Å². The molecule has 2 heterocycles. The first kappa shape index (κ1) is 17.7. The Morgan fingerprint density at radius 2 is 1.68 bits per heavy atom. The van der Waals surface area contributed by atoms with Crippen molar-refractivity contribution in [1.29, 1.82) is 0 Å². The SMILES string of the molecule is C[C@H](OC(=O)c1nn(C)c(=O)c2ccccc12)C(=O)c1c[nH]c2ccccc12. The van der Waals surface area contributed by atoms with Crippen LogP contribution in [0.4, 0.5) is 0 Å². The third kappa shape index (κ3) is 2.87. The van der Waals surface area contributed by atoms with Crippen LogP contribution in [0.5, 0.6) is 0 Å². The molecule has 0 radical (unpaired) electrons. The number of benzene rings is 2. The fraction of sp³-hybridized carbons (Fsp3) is 0.143. The second-order valence-electron chi connectivity index (χ2n) is 6.48. The second-order valence-corrected chi connectivity index (χ2v) is 6.48. The van der Waals surface area contributed by atoms with E-state index in [9.17, 15) is 14.4 Å². The van der Waals surface area contributed by atoms with Crippen molar-refractivity contribution < 1.29 is 14.3 Å². The Kier molecular flexibility index (Phi) is 4.27. The van der Waals surface area contributed by atoms with Gasteiger partial charge in [-0.1, -0.05) is 36.4 Å². The summed E-state index contributed by atoms with van der Waals surface area (Å²) in [5.74, 6) is -1.08. The van der Waals surface area contributed by atoms with E-state index in [1.54, 1.807) is 30.5 Å². The van der Waals surface area contributed by atoms with Crippen LogP contribution in [0.2, 0.25) is 0 Å². The van der Waals surface area contributed by atoms with Crippen molar-refractivity contribution in [3.05, 3.63) is 76.3 Å². The van der Waals surface area contributed by atoms with Crippen LogP contribution in [0.1, 0.15) is 27.8 Å². The number of aryl methyl sites for hydroxylation is 1. The first-order chi connectivity index (χ1) is 13.5. The van der Waals surface area contributed by atoms with Crippen molar-refractivity contribution in [2.24, 2.45) is 7.05 Å². The summed E-state index contributed by atoms with van der Waals surface area (Å²) in [4.78, 5) is 40.7. The van der Waals surface area contributed by atoms with Gasteiger partial charge >= 0.3 is 5.97 Å². The lowest BCUT2D eigenvalue weighted by Crippen LogP contribution is -2.28. The van der Waals surface area contributed by atoms with Crippen LogP contribution < -0.4 is 5.56 Å². The van der Waals surface area contributed by atoms with Crippen molar-refractivity contribution in [3.8, 4) is 0 Å². The van der Waals surface area contributed by atoms with E-state index >= 15 is 0 Å². The van der Waals surface area contributed by atoms with Crippen LogP contribution in [-0.4, -0.2) is 32.6 Å². The predicted molar refractivity (Wildman–Crippen MR) is 104 cm³/mol. The molecule has 7 nitrogen and oxygen atoms in total. The zero-order valence-electron chi connectivity index (χ0n) is 15.3. The summed E-state index contributed by atoms with van der Waals surface area (Å²) in [6, 6.07) is 14.1. The van der Waals surface area contributed by atoms with Crippen molar-refractivity contribution >= 4 is 33.4 Å². The maximum atomic E-state index is 12.8. The summed E-state index contributed by atoms with van der Waals surface area (Å²) >= 11 is 0. The van der Waals surface area contributed by atoms with Gasteiger partial charge in [0.1, 0.15) is 0 Å². The minimum atomic E-state index is -1.01. The number of hydrogen-bond acceptors (Lipinski definition) is 5. The third-order valence-corrected chi connectivity index (χ3v) is 4.66. The summed E-state index contributed by atoms with van der Waals surface area (Å²) in [6.45, 7) is 1.52. The van der Waals surface area contributed by atoms with Gasteiger partial charge in [-0.05, 0) is 19.1 Å². The Morgan fingerprint density at radius 3 is 2.43 bits per heavy atom.